The summed E-state index contributed by atoms with van der Waals surface area (Å²) < 4.78 is 0. The molecule has 2 aromatic carbocycles. The zero-order valence-corrected chi connectivity index (χ0v) is 18.4. The van der Waals surface area contributed by atoms with Crippen LogP contribution in [0.15, 0.2) is 70.7 Å². The molecule has 0 saturated carbocycles. The normalized spacial score (nSPS) is 13.9. The van der Waals surface area contributed by atoms with Gasteiger partial charge in [-0.1, -0.05) is 65.4 Å². The van der Waals surface area contributed by atoms with Crippen LogP contribution in [0.2, 0.25) is 0 Å². The van der Waals surface area contributed by atoms with E-state index in [2.05, 4.69) is 93.9 Å². The van der Waals surface area contributed by atoms with Crippen molar-refractivity contribution in [3.8, 4) is 0 Å². The lowest BCUT2D eigenvalue weighted by Crippen LogP contribution is -2.18. The molecule has 0 aliphatic carbocycles. The highest BCUT2D eigenvalue weighted by molar-refractivity contribution is 7.99. The summed E-state index contributed by atoms with van der Waals surface area (Å²) in [6.45, 7) is 13.6. The van der Waals surface area contributed by atoms with Crippen LogP contribution in [0.4, 0.5) is 17.1 Å². The van der Waals surface area contributed by atoms with Gasteiger partial charge in [0.1, 0.15) is 0 Å². The van der Waals surface area contributed by atoms with Gasteiger partial charge < -0.3 is 4.90 Å². The fraction of sp³-hybridized carbons (Fsp3) is 0.320. The molecule has 28 heavy (non-hydrogen) atoms. The second-order valence-electron chi connectivity index (χ2n) is 9.51. The first-order valence-corrected chi connectivity index (χ1v) is 10.6. The number of aromatic nitrogens is 1. The Morgan fingerprint density at radius 3 is 1.71 bits per heavy atom. The largest absolute Gasteiger partial charge is 0.307 e. The summed E-state index contributed by atoms with van der Waals surface area (Å²) in [7, 11) is 0. The molecule has 1 aliphatic rings. The van der Waals surface area contributed by atoms with Crippen LogP contribution in [-0.2, 0) is 10.8 Å². The Morgan fingerprint density at radius 2 is 1.29 bits per heavy atom. The van der Waals surface area contributed by atoms with Crippen molar-refractivity contribution in [1.29, 1.82) is 0 Å². The highest BCUT2D eigenvalue weighted by atomic mass is 32.2. The first-order valence-electron chi connectivity index (χ1n) is 9.82. The topological polar surface area (TPSA) is 16.1 Å². The second kappa shape index (κ2) is 6.66. The lowest BCUT2D eigenvalue weighted by molar-refractivity contribution is 0.588. The SMILES string of the molecule is CC(C)(C)c1ccc2c(c1)Sc1cc(C(C)(C)C)ccc1N2c1cccnc1. The van der Waals surface area contributed by atoms with Gasteiger partial charge in [-0.05, 0) is 58.4 Å². The highest BCUT2D eigenvalue weighted by Gasteiger charge is 2.28. The number of rotatable bonds is 1. The molecule has 0 fully saturated rings. The van der Waals surface area contributed by atoms with Crippen molar-refractivity contribution in [2.45, 2.75) is 62.2 Å². The zero-order chi connectivity index (χ0) is 20.1. The number of fused-ring (bicyclic) bond motifs is 2. The third kappa shape index (κ3) is 3.44. The molecule has 1 aliphatic heterocycles. The van der Waals surface area contributed by atoms with E-state index < -0.39 is 0 Å². The Bertz CT molecular complexity index is 947. The van der Waals surface area contributed by atoms with Crippen molar-refractivity contribution in [2.75, 3.05) is 4.90 Å². The minimum absolute atomic E-state index is 0.127. The van der Waals surface area contributed by atoms with E-state index in [0.717, 1.165) is 5.69 Å². The van der Waals surface area contributed by atoms with Crippen molar-refractivity contribution in [3.05, 3.63) is 72.1 Å². The molecular formula is C25H28N2S. The van der Waals surface area contributed by atoms with Crippen molar-refractivity contribution >= 4 is 28.8 Å². The van der Waals surface area contributed by atoms with E-state index in [4.69, 9.17) is 0 Å². The van der Waals surface area contributed by atoms with Gasteiger partial charge in [0.25, 0.3) is 0 Å². The van der Waals surface area contributed by atoms with Crippen LogP contribution >= 0.6 is 11.8 Å². The van der Waals surface area contributed by atoms with Crippen LogP contribution in [0.3, 0.4) is 0 Å². The standard InChI is InChI=1S/C25H28N2S/c1-24(2,3)17-9-11-20-22(14-17)28-23-15-18(25(4,5)6)10-12-21(23)27(20)19-8-7-13-26-16-19/h7-16H,1-6H3. The summed E-state index contributed by atoms with van der Waals surface area (Å²) in [4.78, 5) is 9.31. The summed E-state index contributed by atoms with van der Waals surface area (Å²) in [5, 5.41) is 0. The predicted molar refractivity (Wildman–Crippen MR) is 120 cm³/mol. The summed E-state index contributed by atoms with van der Waals surface area (Å²) in [6, 6.07) is 17.9. The summed E-state index contributed by atoms with van der Waals surface area (Å²) in [6.07, 6.45) is 3.77. The molecule has 0 N–H and O–H groups in total. The average molecular weight is 389 g/mol. The van der Waals surface area contributed by atoms with Gasteiger partial charge in [0.15, 0.2) is 0 Å². The van der Waals surface area contributed by atoms with Gasteiger partial charge in [-0.15, -0.1) is 0 Å². The Kier molecular flexibility index (Phi) is 4.54. The second-order valence-corrected chi connectivity index (χ2v) is 10.6. The number of hydrogen-bond donors (Lipinski definition) is 0. The van der Waals surface area contributed by atoms with Crippen molar-refractivity contribution < 1.29 is 0 Å². The lowest BCUT2D eigenvalue weighted by Gasteiger charge is -2.34. The molecule has 0 amide bonds. The molecule has 0 unspecified atom stereocenters. The van der Waals surface area contributed by atoms with E-state index in [-0.39, 0.29) is 10.8 Å². The predicted octanol–water partition coefficient (Wildman–Crippen LogP) is 7.61. The van der Waals surface area contributed by atoms with E-state index >= 15 is 0 Å². The van der Waals surface area contributed by atoms with Crippen LogP contribution < -0.4 is 4.90 Å². The van der Waals surface area contributed by atoms with Gasteiger partial charge in [-0.25, -0.2) is 0 Å². The van der Waals surface area contributed by atoms with Gasteiger partial charge in [0, 0.05) is 16.0 Å². The molecular weight excluding hydrogens is 360 g/mol. The van der Waals surface area contributed by atoms with E-state index in [1.807, 2.05) is 30.2 Å². The smallest absolute Gasteiger partial charge is 0.0645 e. The van der Waals surface area contributed by atoms with Crippen molar-refractivity contribution in [3.63, 3.8) is 0 Å². The van der Waals surface area contributed by atoms with Gasteiger partial charge in [-0.3, -0.25) is 4.98 Å². The lowest BCUT2D eigenvalue weighted by atomic mass is 9.86. The molecule has 1 aromatic heterocycles. The summed E-state index contributed by atoms with van der Waals surface area (Å²) in [5.41, 5.74) is 6.52. The molecule has 2 nitrogen and oxygen atoms in total. The van der Waals surface area contributed by atoms with Gasteiger partial charge >= 0.3 is 0 Å². The number of pyridine rings is 1. The number of benzene rings is 2. The Morgan fingerprint density at radius 1 is 0.750 bits per heavy atom. The Hall–Kier alpha value is -2.26. The van der Waals surface area contributed by atoms with E-state index in [0.29, 0.717) is 0 Å². The van der Waals surface area contributed by atoms with Crippen LogP contribution in [0.1, 0.15) is 52.7 Å². The van der Waals surface area contributed by atoms with Crippen molar-refractivity contribution in [2.24, 2.45) is 0 Å². The quantitative estimate of drug-likeness (QED) is 0.334. The maximum atomic E-state index is 4.37. The fourth-order valence-corrected chi connectivity index (χ4v) is 4.64. The first-order chi connectivity index (χ1) is 13.1. The fourth-order valence-electron chi connectivity index (χ4n) is 3.51. The monoisotopic (exact) mass is 388 g/mol. The van der Waals surface area contributed by atoms with E-state index in [9.17, 15) is 0 Å². The third-order valence-electron chi connectivity index (χ3n) is 5.26. The molecule has 3 heteroatoms. The van der Waals surface area contributed by atoms with Gasteiger partial charge in [-0.2, -0.15) is 0 Å². The van der Waals surface area contributed by atoms with Crippen LogP contribution in [-0.4, -0.2) is 4.98 Å². The average Bonchev–Trinajstić information content (AvgIpc) is 2.64. The molecule has 144 valence electrons. The maximum absolute atomic E-state index is 4.37. The molecule has 0 bridgehead atoms. The molecule has 0 saturated heterocycles. The highest BCUT2D eigenvalue weighted by Crippen LogP contribution is 2.52. The first kappa shape index (κ1) is 19.1. The van der Waals surface area contributed by atoms with Crippen LogP contribution in [0, 0.1) is 0 Å². The Labute approximate surface area is 173 Å². The maximum Gasteiger partial charge on any atom is 0.0645 e. The van der Waals surface area contributed by atoms with E-state index in [1.165, 1.54) is 32.3 Å². The zero-order valence-electron chi connectivity index (χ0n) is 17.6. The van der Waals surface area contributed by atoms with Gasteiger partial charge in [0.2, 0.25) is 0 Å². The number of anilines is 3. The number of nitrogens with zero attached hydrogens (tertiary/aromatic N) is 2. The molecule has 2 heterocycles. The molecule has 4 rings (SSSR count). The summed E-state index contributed by atoms with van der Waals surface area (Å²) in [5.74, 6) is 0. The van der Waals surface area contributed by atoms with E-state index in [1.54, 1.807) is 0 Å². The number of hydrogen-bond acceptors (Lipinski definition) is 3. The molecule has 0 spiro atoms. The van der Waals surface area contributed by atoms with Crippen molar-refractivity contribution in [1.82, 2.24) is 4.98 Å². The third-order valence-corrected chi connectivity index (χ3v) is 6.35. The van der Waals surface area contributed by atoms with Crippen LogP contribution in [0.5, 0.6) is 0 Å². The molecule has 3 aromatic rings. The Balaban J connectivity index is 1.92. The summed E-state index contributed by atoms with van der Waals surface area (Å²) >= 11 is 1.88. The molecule has 0 atom stereocenters. The minimum Gasteiger partial charge on any atom is -0.307 e. The molecule has 0 radical (unpaired) electrons. The van der Waals surface area contributed by atoms with Gasteiger partial charge in [0.05, 0.1) is 23.3 Å². The van der Waals surface area contributed by atoms with Crippen LogP contribution in [0.25, 0.3) is 0 Å². The minimum atomic E-state index is 0.127.